The van der Waals surface area contributed by atoms with E-state index in [1.165, 1.54) is 0 Å². The summed E-state index contributed by atoms with van der Waals surface area (Å²) in [6.07, 6.45) is 1.82. The Bertz CT molecular complexity index is 225. The predicted molar refractivity (Wildman–Crippen MR) is 35.5 cm³/mol. The lowest BCUT2D eigenvalue weighted by atomic mass is 10.3. The molecule has 0 aliphatic carbocycles. The maximum Gasteiger partial charge on any atom is 0.175 e. The van der Waals surface area contributed by atoms with Gasteiger partial charge in [0, 0.05) is 13.1 Å². The van der Waals surface area contributed by atoms with Crippen LogP contribution in [0.4, 0.5) is 0 Å². The average molecular weight is 123 g/mol. The van der Waals surface area contributed by atoms with Gasteiger partial charge in [-0.05, 0) is 18.6 Å². The SMILES string of the molecule is CC(=O)c1cc(C)c[nH]1. The van der Waals surface area contributed by atoms with Gasteiger partial charge in [0.05, 0.1) is 5.69 Å². The van der Waals surface area contributed by atoms with Crippen molar-refractivity contribution in [3.8, 4) is 0 Å². The van der Waals surface area contributed by atoms with E-state index in [4.69, 9.17) is 0 Å². The van der Waals surface area contributed by atoms with Crippen LogP contribution in [0.1, 0.15) is 23.0 Å². The second kappa shape index (κ2) is 2.05. The Morgan fingerprint density at radius 2 is 2.33 bits per heavy atom. The van der Waals surface area contributed by atoms with E-state index in [0.717, 1.165) is 5.56 Å². The number of rotatable bonds is 1. The number of Topliss-reactive ketones (excluding diaryl/α,β-unsaturated/α-hetero) is 1. The third kappa shape index (κ3) is 1.19. The number of ketones is 1. The summed E-state index contributed by atoms with van der Waals surface area (Å²) in [6.45, 7) is 3.49. The molecule has 0 radical (unpaired) electrons. The predicted octanol–water partition coefficient (Wildman–Crippen LogP) is 1.53. The first kappa shape index (κ1) is 6.08. The van der Waals surface area contributed by atoms with Gasteiger partial charge in [0.15, 0.2) is 5.78 Å². The van der Waals surface area contributed by atoms with Gasteiger partial charge in [-0.25, -0.2) is 0 Å². The highest BCUT2D eigenvalue weighted by molar-refractivity contribution is 5.92. The third-order valence-corrected chi connectivity index (χ3v) is 1.21. The van der Waals surface area contributed by atoms with Crippen LogP contribution in [0.2, 0.25) is 0 Å². The lowest BCUT2D eigenvalue weighted by Gasteiger charge is -1.82. The molecule has 0 aromatic carbocycles. The minimum Gasteiger partial charge on any atom is -0.359 e. The Morgan fingerprint density at radius 3 is 2.56 bits per heavy atom. The third-order valence-electron chi connectivity index (χ3n) is 1.21. The summed E-state index contributed by atoms with van der Waals surface area (Å²) in [4.78, 5) is 13.5. The first-order valence-corrected chi connectivity index (χ1v) is 2.86. The normalized spacial score (nSPS) is 9.56. The minimum absolute atomic E-state index is 0.0862. The molecular formula is C7H9NO. The lowest BCUT2D eigenvalue weighted by Crippen LogP contribution is -1.89. The summed E-state index contributed by atoms with van der Waals surface area (Å²) in [5.74, 6) is 0.0862. The summed E-state index contributed by atoms with van der Waals surface area (Å²) in [6, 6.07) is 1.84. The van der Waals surface area contributed by atoms with Crippen molar-refractivity contribution in [3.63, 3.8) is 0 Å². The number of carbonyl (C=O) groups is 1. The van der Waals surface area contributed by atoms with Crippen LogP contribution in [0.3, 0.4) is 0 Å². The lowest BCUT2D eigenvalue weighted by molar-refractivity contribution is 0.101. The van der Waals surface area contributed by atoms with Crippen molar-refractivity contribution in [2.45, 2.75) is 13.8 Å². The second-order valence-electron chi connectivity index (χ2n) is 2.15. The maximum absolute atomic E-state index is 10.6. The number of hydrogen-bond acceptors (Lipinski definition) is 1. The summed E-state index contributed by atoms with van der Waals surface area (Å²) >= 11 is 0. The van der Waals surface area contributed by atoms with Gasteiger partial charge in [-0.1, -0.05) is 0 Å². The summed E-state index contributed by atoms with van der Waals surface area (Å²) < 4.78 is 0. The zero-order valence-corrected chi connectivity index (χ0v) is 5.56. The van der Waals surface area contributed by atoms with Gasteiger partial charge in [-0.2, -0.15) is 0 Å². The van der Waals surface area contributed by atoms with Gasteiger partial charge < -0.3 is 4.98 Å². The van der Waals surface area contributed by atoms with Crippen LogP contribution < -0.4 is 0 Å². The maximum atomic E-state index is 10.6. The van der Waals surface area contributed by atoms with Crippen molar-refractivity contribution in [1.29, 1.82) is 0 Å². The molecule has 2 nitrogen and oxygen atoms in total. The first-order chi connectivity index (χ1) is 4.20. The number of H-pyrrole nitrogens is 1. The molecular weight excluding hydrogens is 114 g/mol. The molecule has 0 bridgehead atoms. The van der Waals surface area contributed by atoms with E-state index >= 15 is 0 Å². The van der Waals surface area contributed by atoms with Gasteiger partial charge in [0.1, 0.15) is 0 Å². The zero-order chi connectivity index (χ0) is 6.85. The van der Waals surface area contributed by atoms with Crippen LogP contribution >= 0.6 is 0 Å². The molecule has 0 fully saturated rings. The van der Waals surface area contributed by atoms with Crippen LogP contribution in [0, 0.1) is 6.92 Å². The van der Waals surface area contributed by atoms with Crippen molar-refractivity contribution >= 4 is 5.78 Å². The van der Waals surface area contributed by atoms with E-state index in [1.807, 2.05) is 19.2 Å². The highest BCUT2D eigenvalue weighted by Crippen LogP contribution is 2.00. The Hall–Kier alpha value is -1.05. The molecule has 0 unspecified atom stereocenters. The molecule has 0 saturated carbocycles. The molecule has 1 heterocycles. The Kier molecular flexibility index (Phi) is 1.39. The molecule has 1 N–H and O–H groups in total. The number of aryl methyl sites for hydroxylation is 1. The average Bonchev–Trinajstić information content (AvgIpc) is 2.14. The van der Waals surface area contributed by atoms with E-state index in [1.54, 1.807) is 6.92 Å². The second-order valence-corrected chi connectivity index (χ2v) is 2.15. The molecule has 0 spiro atoms. The molecule has 1 aromatic rings. The Morgan fingerprint density at radius 1 is 1.67 bits per heavy atom. The number of hydrogen-bond donors (Lipinski definition) is 1. The molecule has 9 heavy (non-hydrogen) atoms. The molecule has 1 aromatic heterocycles. The minimum atomic E-state index is 0.0862. The fraction of sp³-hybridized carbons (Fsp3) is 0.286. The fourth-order valence-corrected chi connectivity index (χ4v) is 0.706. The Balaban J connectivity index is 2.98. The number of nitrogens with one attached hydrogen (secondary N) is 1. The molecule has 48 valence electrons. The highest BCUT2D eigenvalue weighted by atomic mass is 16.1. The van der Waals surface area contributed by atoms with E-state index in [2.05, 4.69) is 4.98 Å². The van der Waals surface area contributed by atoms with Crippen molar-refractivity contribution < 1.29 is 4.79 Å². The van der Waals surface area contributed by atoms with E-state index in [-0.39, 0.29) is 5.78 Å². The van der Waals surface area contributed by atoms with E-state index in [9.17, 15) is 4.79 Å². The van der Waals surface area contributed by atoms with Gasteiger partial charge in [0.25, 0.3) is 0 Å². The van der Waals surface area contributed by atoms with Crippen molar-refractivity contribution in [2.75, 3.05) is 0 Å². The standard InChI is InChI=1S/C7H9NO/c1-5-3-7(6(2)9)8-4-5/h3-4,8H,1-2H3. The van der Waals surface area contributed by atoms with Crippen LogP contribution in [-0.4, -0.2) is 10.8 Å². The quantitative estimate of drug-likeness (QED) is 0.564. The van der Waals surface area contributed by atoms with E-state index < -0.39 is 0 Å². The molecule has 0 aliphatic heterocycles. The fourth-order valence-electron chi connectivity index (χ4n) is 0.706. The molecule has 0 aliphatic rings. The zero-order valence-electron chi connectivity index (χ0n) is 5.56. The van der Waals surface area contributed by atoms with E-state index in [0.29, 0.717) is 5.69 Å². The monoisotopic (exact) mass is 123 g/mol. The first-order valence-electron chi connectivity index (χ1n) is 2.86. The number of carbonyl (C=O) groups excluding carboxylic acids is 1. The van der Waals surface area contributed by atoms with Crippen molar-refractivity contribution in [2.24, 2.45) is 0 Å². The van der Waals surface area contributed by atoms with Gasteiger partial charge in [-0.15, -0.1) is 0 Å². The van der Waals surface area contributed by atoms with Crippen molar-refractivity contribution in [1.82, 2.24) is 4.98 Å². The molecule has 0 atom stereocenters. The van der Waals surface area contributed by atoms with Crippen LogP contribution in [0.25, 0.3) is 0 Å². The van der Waals surface area contributed by atoms with Crippen LogP contribution in [0.15, 0.2) is 12.3 Å². The highest BCUT2D eigenvalue weighted by Gasteiger charge is 1.98. The number of aromatic amines is 1. The molecule has 2 heteroatoms. The van der Waals surface area contributed by atoms with Gasteiger partial charge in [-0.3, -0.25) is 4.79 Å². The van der Waals surface area contributed by atoms with Crippen molar-refractivity contribution in [3.05, 3.63) is 23.5 Å². The topological polar surface area (TPSA) is 32.9 Å². The number of aromatic nitrogens is 1. The molecule has 0 saturated heterocycles. The molecule has 0 amide bonds. The van der Waals surface area contributed by atoms with Crippen LogP contribution in [0.5, 0.6) is 0 Å². The Labute approximate surface area is 53.9 Å². The summed E-state index contributed by atoms with van der Waals surface area (Å²) in [5.41, 5.74) is 1.78. The van der Waals surface area contributed by atoms with Gasteiger partial charge in [0.2, 0.25) is 0 Å². The smallest absolute Gasteiger partial charge is 0.175 e. The van der Waals surface area contributed by atoms with Gasteiger partial charge >= 0.3 is 0 Å². The van der Waals surface area contributed by atoms with Crippen LogP contribution in [-0.2, 0) is 0 Å². The largest absolute Gasteiger partial charge is 0.359 e. The summed E-state index contributed by atoms with van der Waals surface area (Å²) in [7, 11) is 0. The summed E-state index contributed by atoms with van der Waals surface area (Å²) in [5, 5.41) is 0. The molecule has 1 rings (SSSR count).